The molecule has 1 fully saturated rings. The van der Waals surface area contributed by atoms with Crippen LogP contribution in [0.1, 0.15) is 34.6 Å². The highest BCUT2D eigenvalue weighted by Crippen LogP contribution is 2.18. The molecule has 4 rings (SSSR count). The van der Waals surface area contributed by atoms with Crippen molar-refractivity contribution in [1.82, 2.24) is 35.6 Å². The molecule has 1 aromatic carbocycles. The number of aromatic nitrogens is 5. The molecule has 3 N–H and O–H groups in total. The van der Waals surface area contributed by atoms with Crippen LogP contribution in [0, 0.1) is 0 Å². The standard InChI is InChI=1S/C17H19N9O2/c18-15-16(23-28-22-15)26-14(13(20-24-26)11-25-8-4-5-9-25)17(27)21-19-10-12-6-2-1-3-7-12/h1-3,6-7,10H,4-5,8-9,11H2,(H2,18,22)(H,21,27)/b19-10+. The van der Waals surface area contributed by atoms with Crippen molar-refractivity contribution in [2.24, 2.45) is 5.10 Å². The number of nitrogens with two attached hydrogens (primary N) is 1. The van der Waals surface area contributed by atoms with Gasteiger partial charge in [0.2, 0.25) is 11.6 Å². The van der Waals surface area contributed by atoms with E-state index in [9.17, 15) is 4.79 Å². The van der Waals surface area contributed by atoms with Crippen molar-refractivity contribution < 1.29 is 9.42 Å². The van der Waals surface area contributed by atoms with Gasteiger partial charge in [-0.3, -0.25) is 9.69 Å². The van der Waals surface area contributed by atoms with Gasteiger partial charge in [-0.15, -0.1) is 5.10 Å². The Morgan fingerprint density at radius 3 is 2.75 bits per heavy atom. The van der Waals surface area contributed by atoms with Crippen LogP contribution in [-0.4, -0.2) is 55.4 Å². The summed E-state index contributed by atoms with van der Waals surface area (Å²) in [6.07, 6.45) is 3.80. The Hall–Kier alpha value is -3.60. The lowest BCUT2D eigenvalue weighted by atomic mass is 10.2. The topological polar surface area (TPSA) is 140 Å². The molecule has 0 atom stereocenters. The molecular formula is C17H19N9O2. The van der Waals surface area contributed by atoms with Gasteiger partial charge in [0, 0.05) is 6.54 Å². The third-order valence-electron chi connectivity index (χ3n) is 4.40. The quantitative estimate of drug-likeness (QED) is 0.467. The van der Waals surface area contributed by atoms with Crippen LogP contribution in [-0.2, 0) is 6.54 Å². The maximum Gasteiger partial charge on any atom is 0.292 e. The van der Waals surface area contributed by atoms with Gasteiger partial charge in [-0.05, 0) is 41.8 Å². The summed E-state index contributed by atoms with van der Waals surface area (Å²) in [5.41, 5.74) is 9.84. The average Bonchev–Trinajstić information content (AvgIpc) is 3.44. The maximum atomic E-state index is 12.9. The van der Waals surface area contributed by atoms with Crippen LogP contribution < -0.4 is 11.2 Å². The number of nitrogens with zero attached hydrogens (tertiary/aromatic N) is 7. The van der Waals surface area contributed by atoms with Gasteiger partial charge in [-0.1, -0.05) is 35.5 Å². The number of rotatable bonds is 6. The fraction of sp³-hybridized carbons (Fsp3) is 0.294. The zero-order valence-electron chi connectivity index (χ0n) is 15.0. The molecule has 1 saturated heterocycles. The van der Waals surface area contributed by atoms with Gasteiger partial charge < -0.3 is 5.73 Å². The van der Waals surface area contributed by atoms with Crippen molar-refractivity contribution in [3.63, 3.8) is 0 Å². The Labute approximate surface area is 160 Å². The van der Waals surface area contributed by atoms with Crippen molar-refractivity contribution in [2.45, 2.75) is 19.4 Å². The second-order valence-electron chi connectivity index (χ2n) is 6.36. The Kier molecular flexibility index (Phi) is 5.06. The number of benzene rings is 1. The van der Waals surface area contributed by atoms with E-state index in [0.29, 0.717) is 12.2 Å². The minimum atomic E-state index is -0.478. The highest BCUT2D eigenvalue weighted by atomic mass is 16.6. The Bertz CT molecular complexity index is 974. The van der Waals surface area contributed by atoms with E-state index >= 15 is 0 Å². The largest absolute Gasteiger partial charge is 0.378 e. The molecule has 1 aliphatic rings. The molecule has 11 nitrogen and oxygen atoms in total. The van der Waals surface area contributed by atoms with Crippen LogP contribution in [0.3, 0.4) is 0 Å². The van der Waals surface area contributed by atoms with Crippen molar-refractivity contribution in [2.75, 3.05) is 18.8 Å². The zero-order valence-corrected chi connectivity index (χ0v) is 15.0. The van der Waals surface area contributed by atoms with Crippen molar-refractivity contribution >= 4 is 17.9 Å². The molecule has 0 aliphatic carbocycles. The third kappa shape index (κ3) is 3.74. The predicted molar refractivity (Wildman–Crippen MR) is 99.6 cm³/mol. The van der Waals surface area contributed by atoms with Gasteiger partial charge in [-0.2, -0.15) is 9.78 Å². The number of nitrogens with one attached hydrogen (secondary N) is 1. The highest BCUT2D eigenvalue weighted by molar-refractivity contribution is 5.95. The minimum absolute atomic E-state index is 0.0134. The van der Waals surface area contributed by atoms with Gasteiger partial charge in [0.05, 0.1) is 6.21 Å². The van der Waals surface area contributed by atoms with E-state index in [1.54, 1.807) is 6.21 Å². The minimum Gasteiger partial charge on any atom is -0.378 e. The normalized spacial score (nSPS) is 14.7. The lowest BCUT2D eigenvalue weighted by Gasteiger charge is -2.13. The van der Waals surface area contributed by atoms with Gasteiger partial charge in [-0.25, -0.2) is 10.1 Å². The molecule has 0 saturated carbocycles. The van der Waals surface area contributed by atoms with E-state index in [-0.39, 0.29) is 17.3 Å². The van der Waals surface area contributed by atoms with E-state index in [4.69, 9.17) is 5.73 Å². The molecule has 1 aliphatic heterocycles. The fourth-order valence-electron chi connectivity index (χ4n) is 3.04. The summed E-state index contributed by atoms with van der Waals surface area (Å²) >= 11 is 0. The summed E-state index contributed by atoms with van der Waals surface area (Å²) in [6.45, 7) is 2.40. The molecule has 0 unspecified atom stereocenters. The van der Waals surface area contributed by atoms with Gasteiger partial charge in [0.25, 0.3) is 5.91 Å². The van der Waals surface area contributed by atoms with Crippen molar-refractivity contribution in [3.05, 3.63) is 47.3 Å². The number of hydrazone groups is 1. The molecule has 0 bridgehead atoms. The number of anilines is 1. The summed E-state index contributed by atoms with van der Waals surface area (Å²) in [5, 5.41) is 19.5. The first-order valence-corrected chi connectivity index (χ1v) is 8.86. The summed E-state index contributed by atoms with van der Waals surface area (Å²) in [5.74, 6) is -0.356. The molecule has 0 radical (unpaired) electrons. The summed E-state index contributed by atoms with van der Waals surface area (Å²) < 4.78 is 5.86. The second-order valence-corrected chi connectivity index (χ2v) is 6.36. The van der Waals surface area contributed by atoms with Crippen LogP contribution in [0.2, 0.25) is 0 Å². The van der Waals surface area contributed by atoms with Crippen LogP contribution in [0.5, 0.6) is 0 Å². The first kappa shape index (κ1) is 17.8. The zero-order chi connectivity index (χ0) is 19.3. The third-order valence-corrected chi connectivity index (χ3v) is 4.40. The lowest BCUT2D eigenvalue weighted by Crippen LogP contribution is -2.26. The molecular weight excluding hydrogens is 362 g/mol. The number of hydrogen-bond acceptors (Lipinski definition) is 9. The molecule has 28 heavy (non-hydrogen) atoms. The van der Waals surface area contributed by atoms with Crippen molar-refractivity contribution in [1.29, 1.82) is 0 Å². The van der Waals surface area contributed by atoms with E-state index in [1.165, 1.54) is 4.68 Å². The number of carbonyl (C=O) groups excluding carboxylic acids is 1. The molecule has 11 heteroatoms. The summed E-state index contributed by atoms with van der Waals surface area (Å²) in [7, 11) is 0. The smallest absolute Gasteiger partial charge is 0.292 e. The molecule has 0 spiro atoms. The second kappa shape index (κ2) is 7.96. The molecule has 144 valence electrons. The van der Waals surface area contributed by atoms with Gasteiger partial charge in [0.15, 0.2) is 5.69 Å². The average molecular weight is 381 g/mol. The van der Waals surface area contributed by atoms with Crippen LogP contribution >= 0.6 is 0 Å². The monoisotopic (exact) mass is 381 g/mol. The first-order valence-electron chi connectivity index (χ1n) is 8.86. The van der Waals surface area contributed by atoms with Crippen molar-refractivity contribution in [3.8, 4) is 5.82 Å². The number of amides is 1. The molecule has 2 aromatic heterocycles. The van der Waals surface area contributed by atoms with Gasteiger partial charge >= 0.3 is 0 Å². The SMILES string of the molecule is Nc1nonc1-n1nnc(CN2CCCC2)c1C(=O)N/N=C/c1ccccc1. The van der Waals surface area contributed by atoms with E-state index in [2.05, 4.69) is 40.7 Å². The Morgan fingerprint density at radius 2 is 2.04 bits per heavy atom. The van der Waals surface area contributed by atoms with Crippen LogP contribution in [0.25, 0.3) is 5.82 Å². The van der Waals surface area contributed by atoms with E-state index in [1.807, 2.05) is 30.3 Å². The fourth-order valence-corrected chi connectivity index (χ4v) is 3.04. The van der Waals surface area contributed by atoms with E-state index in [0.717, 1.165) is 31.5 Å². The molecule has 3 aromatic rings. The first-order chi connectivity index (χ1) is 13.7. The van der Waals surface area contributed by atoms with E-state index < -0.39 is 5.91 Å². The summed E-state index contributed by atoms with van der Waals surface area (Å²) in [6, 6.07) is 9.43. The Balaban J connectivity index is 1.60. The Morgan fingerprint density at radius 1 is 1.25 bits per heavy atom. The van der Waals surface area contributed by atoms with Crippen LogP contribution in [0.15, 0.2) is 40.1 Å². The lowest BCUT2D eigenvalue weighted by molar-refractivity contribution is 0.0945. The number of carbonyl (C=O) groups is 1. The number of nitrogen functional groups attached to an aromatic ring is 1. The number of likely N-dealkylation sites (tertiary alicyclic amines) is 1. The van der Waals surface area contributed by atoms with Gasteiger partial charge in [0.1, 0.15) is 5.69 Å². The molecule has 3 heterocycles. The summed E-state index contributed by atoms with van der Waals surface area (Å²) in [4.78, 5) is 15.1. The van der Waals surface area contributed by atoms with Crippen LogP contribution in [0.4, 0.5) is 5.82 Å². The molecule has 1 amide bonds. The highest BCUT2D eigenvalue weighted by Gasteiger charge is 2.26. The maximum absolute atomic E-state index is 12.9. The number of hydrogen-bond donors (Lipinski definition) is 2. The predicted octanol–water partition coefficient (Wildman–Crippen LogP) is 0.592.